The summed E-state index contributed by atoms with van der Waals surface area (Å²) in [7, 11) is 1.65. The molecule has 144 valence electrons. The molecule has 0 saturated carbocycles. The first-order valence-corrected chi connectivity index (χ1v) is 9.97. The normalized spacial score (nSPS) is 19.6. The molecule has 11 heteroatoms. The fourth-order valence-corrected chi connectivity index (χ4v) is 4.65. The molecule has 0 aromatic carbocycles. The zero-order chi connectivity index (χ0) is 19.3. The molecule has 0 bridgehead atoms. The van der Waals surface area contributed by atoms with Crippen LogP contribution in [-0.4, -0.2) is 58.5 Å². The van der Waals surface area contributed by atoms with E-state index in [0.717, 1.165) is 12.8 Å². The van der Waals surface area contributed by atoms with E-state index in [1.807, 2.05) is 6.92 Å². The van der Waals surface area contributed by atoms with E-state index in [0.29, 0.717) is 24.0 Å². The highest BCUT2D eigenvalue weighted by Crippen LogP contribution is 2.30. The fraction of sp³-hybridized carbons (Fsp3) is 0.562. The number of aryl methyl sites for hydroxylation is 2. The van der Waals surface area contributed by atoms with E-state index >= 15 is 0 Å². The molecule has 2 saturated heterocycles. The first-order chi connectivity index (χ1) is 12.9. The second-order valence-corrected chi connectivity index (χ2v) is 7.72. The van der Waals surface area contributed by atoms with Crippen molar-refractivity contribution in [2.75, 3.05) is 11.6 Å². The Morgan fingerprint density at radius 1 is 1.26 bits per heavy atom. The third kappa shape index (κ3) is 2.68. The highest BCUT2D eigenvalue weighted by Gasteiger charge is 2.48. The van der Waals surface area contributed by atoms with E-state index in [9.17, 15) is 19.2 Å². The molecule has 2 aromatic rings. The summed E-state index contributed by atoms with van der Waals surface area (Å²) in [5.74, 6) is 1.25. The monoisotopic (exact) mass is 392 g/mol. The molecule has 1 unspecified atom stereocenters. The third-order valence-electron chi connectivity index (χ3n) is 5.05. The third-order valence-corrected chi connectivity index (χ3v) is 6.06. The Balaban J connectivity index is 1.75. The summed E-state index contributed by atoms with van der Waals surface area (Å²) in [6.07, 6.45) is 1.66. The summed E-state index contributed by atoms with van der Waals surface area (Å²) >= 11 is 1.56. The minimum atomic E-state index is -0.528. The number of nitrogens with one attached hydrogen (secondary N) is 1. The van der Waals surface area contributed by atoms with Crippen LogP contribution in [0.2, 0.25) is 0 Å². The molecule has 1 N–H and O–H groups in total. The molecule has 0 spiro atoms. The molecule has 0 radical (unpaired) electrons. The molecule has 3 amide bonds. The van der Waals surface area contributed by atoms with Crippen molar-refractivity contribution in [2.45, 2.75) is 38.9 Å². The maximum atomic E-state index is 12.5. The van der Waals surface area contributed by atoms with Crippen molar-refractivity contribution in [2.24, 2.45) is 7.05 Å². The van der Waals surface area contributed by atoms with Gasteiger partial charge in [0.05, 0.1) is 12.4 Å². The van der Waals surface area contributed by atoms with Crippen LogP contribution < -0.4 is 11.2 Å². The quantitative estimate of drug-likeness (QED) is 0.720. The van der Waals surface area contributed by atoms with Gasteiger partial charge in [-0.1, -0.05) is 13.3 Å². The molecular weight excluding hydrogens is 372 g/mol. The van der Waals surface area contributed by atoms with E-state index in [4.69, 9.17) is 0 Å². The Kier molecular flexibility index (Phi) is 4.33. The van der Waals surface area contributed by atoms with Gasteiger partial charge >= 0.3 is 11.7 Å². The van der Waals surface area contributed by atoms with Crippen molar-refractivity contribution in [3.63, 3.8) is 0 Å². The highest BCUT2D eigenvalue weighted by molar-refractivity contribution is 7.99. The van der Waals surface area contributed by atoms with Gasteiger partial charge < -0.3 is 9.47 Å². The number of unbranched alkanes of at least 4 members (excludes halogenated alkanes) is 1. The smallest absolute Gasteiger partial charge is 0.324 e. The van der Waals surface area contributed by atoms with E-state index in [1.165, 1.54) is 9.47 Å². The van der Waals surface area contributed by atoms with Gasteiger partial charge in [-0.25, -0.2) is 14.6 Å². The molecule has 27 heavy (non-hydrogen) atoms. The van der Waals surface area contributed by atoms with Gasteiger partial charge in [0.15, 0.2) is 11.2 Å². The van der Waals surface area contributed by atoms with Crippen LogP contribution in [0.3, 0.4) is 0 Å². The Morgan fingerprint density at radius 2 is 2.04 bits per heavy atom. The Hall–Kier alpha value is -2.56. The summed E-state index contributed by atoms with van der Waals surface area (Å²) in [6.45, 7) is 2.42. The summed E-state index contributed by atoms with van der Waals surface area (Å²) in [5.41, 5.74) is -0.489. The van der Waals surface area contributed by atoms with Gasteiger partial charge in [0.2, 0.25) is 0 Å². The summed E-state index contributed by atoms with van der Waals surface area (Å²) < 4.78 is 2.99. The van der Waals surface area contributed by atoms with Crippen LogP contribution in [0, 0.1) is 0 Å². The van der Waals surface area contributed by atoms with Crippen LogP contribution in [-0.2, 0) is 24.9 Å². The van der Waals surface area contributed by atoms with Crippen molar-refractivity contribution < 1.29 is 9.59 Å². The van der Waals surface area contributed by atoms with E-state index in [2.05, 4.69) is 9.97 Å². The molecule has 1 atom stereocenters. The number of urea groups is 1. The van der Waals surface area contributed by atoms with Crippen molar-refractivity contribution in [1.82, 2.24) is 28.9 Å². The second kappa shape index (κ2) is 6.55. The van der Waals surface area contributed by atoms with Crippen molar-refractivity contribution in [1.29, 1.82) is 0 Å². The van der Waals surface area contributed by atoms with E-state index in [1.54, 1.807) is 28.3 Å². The van der Waals surface area contributed by atoms with Crippen LogP contribution in [0.4, 0.5) is 4.79 Å². The van der Waals surface area contributed by atoms with E-state index in [-0.39, 0.29) is 29.6 Å². The fourth-order valence-electron chi connectivity index (χ4n) is 3.51. The van der Waals surface area contributed by atoms with Gasteiger partial charge in [0.25, 0.3) is 11.5 Å². The number of imidazole rings is 1. The van der Waals surface area contributed by atoms with Crippen LogP contribution in [0.25, 0.3) is 11.2 Å². The zero-order valence-electron chi connectivity index (χ0n) is 15.1. The molecule has 2 aliphatic rings. The largest absolute Gasteiger partial charge is 0.330 e. The van der Waals surface area contributed by atoms with Gasteiger partial charge in [-0.05, 0) is 6.42 Å². The summed E-state index contributed by atoms with van der Waals surface area (Å²) in [6, 6.07) is -0.748. The lowest BCUT2D eigenvalue weighted by Crippen LogP contribution is -2.33. The average Bonchev–Trinajstić information content (AvgIpc) is 3.28. The molecule has 4 rings (SSSR count). The van der Waals surface area contributed by atoms with Gasteiger partial charge in [-0.2, -0.15) is 0 Å². The maximum Gasteiger partial charge on any atom is 0.330 e. The van der Waals surface area contributed by atoms with Gasteiger partial charge in [0, 0.05) is 19.3 Å². The van der Waals surface area contributed by atoms with Crippen LogP contribution in [0.15, 0.2) is 9.59 Å². The standard InChI is InChI=1S/C16H20N6O4S/c1-3-4-5-20-12-11(13(23)18-15(20)25)19(2)10(17-12)6-21-14(24)9-7-27-8-22(9)16(21)26/h9H,3-8H2,1-2H3,(H,18,23,25). The average molecular weight is 392 g/mol. The molecular formula is C16H20N6O4S. The van der Waals surface area contributed by atoms with Crippen molar-refractivity contribution in [3.05, 3.63) is 26.7 Å². The van der Waals surface area contributed by atoms with Crippen LogP contribution in [0.5, 0.6) is 0 Å². The van der Waals surface area contributed by atoms with Gasteiger partial charge in [-0.3, -0.25) is 24.0 Å². The minimum absolute atomic E-state index is 0.0259. The number of hydrogen-bond donors (Lipinski definition) is 1. The summed E-state index contributed by atoms with van der Waals surface area (Å²) in [5, 5.41) is 0. The maximum absolute atomic E-state index is 12.5. The first-order valence-electron chi connectivity index (χ1n) is 8.82. The highest BCUT2D eigenvalue weighted by atomic mass is 32.2. The van der Waals surface area contributed by atoms with Crippen molar-refractivity contribution >= 4 is 34.9 Å². The Labute approximate surface area is 158 Å². The number of aromatic amines is 1. The van der Waals surface area contributed by atoms with Gasteiger partial charge in [0.1, 0.15) is 11.9 Å². The predicted molar refractivity (Wildman–Crippen MR) is 99.4 cm³/mol. The molecule has 2 aliphatic heterocycles. The number of carbonyl (C=O) groups is 2. The number of nitrogens with zero attached hydrogens (tertiary/aromatic N) is 5. The lowest BCUT2D eigenvalue weighted by atomic mass is 10.3. The molecule has 4 heterocycles. The summed E-state index contributed by atoms with van der Waals surface area (Å²) in [4.78, 5) is 59.1. The number of thioether (sulfide) groups is 1. The number of rotatable bonds is 5. The number of aromatic nitrogens is 4. The molecule has 2 fully saturated rings. The zero-order valence-corrected chi connectivity index (χ0v) is 15.9. The SMILES string of the molecule is CCCCn1c(=O)[nH]c(=O)c2c1nc(CN1C(=O)C3CSCN3C1=O)n2C. The number of carbonyl (C=O) groups excluding carboxylic acids is 2. The Bertz CT molecular complexity index is 1030. The Morgan fingerprint density at radius 3 is 2.74 bits per heavy atom. The lowest BCUT2D eigenvalue weighted by molar-refractivity contribution is -0.128. The lowest BCUT2D eigenvalue weighted by Gasteiger charge is -2.14. The van der Waals surface area contributed by atoms with Crippen LogP contribution >= 0.6 is 11.8 Å². The number of imide groups is 1. The van der Waals surface area contributed by atoms with Crippen LogP contribution in [0.1, 0.15) is 25.6 Å². The molecule has 0 aliphatic carbocycles. The minimum Gasteiger partial charge on any atom is -0.324 e. The number of amides is 3. The van der Waals surface area contributed by atoms with Gasteiger partial charge in [-0.15, -0.1) is 11.8 Å². The van der Waals surface area contributed by atoms with Crippen molar-refractivity contribution in [3.8, 4) is 0 Å². The molecule has 10 nitrogen and oxygen atoms in total. The number of fused-ring (bicyclic) bond motifs is 2. The number of hydrogen-bond acceptors (Lipinski definition) is 6. The predicted octanol–water partition coefficient (Wildman–Crippen LogP) is 0.0605. The topological polar surface area (TPSA) is 113 Å². The number of H-pyrrole nitrogens is 1. The second-order valence-electron chi connectivity index (χ2n) is 6.72. The van der Waals surface area contributed by atoms with E-state index < -0.39 is 17.3 Å². The first kappa shape index (κ1) is 17.8. The molecule has 2 aromatic heterocycles.